The highest BCUT2D eigenvalue weighted by Crippen LogP contribution is 2.37. The number of aliphatic carboxylic acids is 2. The van der Waals surface area contributed by atoms with Crippen LogP contribution >= 0.6 is 12.4 Å². The summed E-state index contributed by atoms with van der Waals surface area (Å²) in [5.74, 6) is 0.0674. The summed E-state index contributed by atoms with van der Waals surface area (Å²) in [6.45, 7) is 9.57. The van der Waals surface area contributed by atoms with E-state index in [-0.39, 0.29) is 60.2 Å². The molecule has 1 amide bonds. The fourth-order valence-corrected chi connectivity index (χ4v) is 8.77. The van der Waals surface area contributed by atoms with Crippen molar-refractivity contribution < 1.29 is 52.0 Å². The minimum atomic E-state index is -3.84. The highest BCUT2D eigenvalue weighted by Gasteiger charge is 2.39. The lowest BCUT2D eigenvalue weighted by atomic mass is 9.86. The molecule has 0 radical (unpaired) electrons. The molecule has 5 N–H and O–H groups in total. The summed E-state index contributed by atoms with van der Waals surface area (Å²) in [7, 11) is -2.43. The Kier molecular flexibility index (Phi) is 20.2. The number of piperidine rings is 3. The van der Waals surface area contributed by atoms with E-state index in [0.717, 1.165) is 55.8 Å². The van der Waals surface area contributed by atoms with Crippen LogP contribution in [0.4, 0.5) is 4.79 Å². The molecule has 3 fully saturated rings. The SMILES string of the molecule is CCOc1ccccc1OCCNC(C)Cc1ccc(OC)c(S(N)(=O)=O)c1.Cl.O=C(O)CCC(=O)O.O=C(OC1CN2CCC1CC2)N1CCc2ccccc2C1c1ccccc1. The van der Waals surface area contributed by atoms with Crippen LogP contribution in [0.15, 0.2) is 102 Å². The van der Waals surface area contributed by atoms with Crippen LogP contribution in [-0.4, -0.2) is 112 Å². The molecule has 3 unspecified atom stereocenters. The Balaban J connectivity index is 0.000000237. The van der Waals surface area contributed by atoms with Gasteiger partial charge in [-0.2, -0.15) is 0 Å². The van der Waals surface area contributed by atoms with E-state index in [0.29, 0.717) is 44.4 Å². The quantitative estimate of drug-likeness (QED) is 0.0880. The molecule has 3 saturated heterocycles. The number of nitrogens with one attached hydrogen (secondary N) is 1. The molecule has 0 aromatic heterocycles. The number of carboxylic acids is 2. The molecule has 64 heavy (non-hydrogen) atoms. The zero-order chi connectivity index (χ0) is 45.4. The fourth-order valence-electron chi connectivity index (χ4n) is 8.02. The minimum absolute atomic E-state index is 0. The van der Waals surface area contributed by atoms with E-state index in [1.54, 1.807) is 12.1 Å². The van der Waals surface area contributed by atoms with Crippen molar-refractivity contribution in [3.8, 4) is 17.2 Å². The van der Waals surface area contributed by atoms with Crippen molar-refractivity contribution in [3.63, 3.8) is 0 Å². The van der Waals surface area contributed by atoms with E-state index >= 15 is 0 Å². The number of benzene rings is 4. The van der Waals surface area contributed by atoms with Crippen LogP contribution in [0.3, 0.4) is 0 Å². The number of ether oxygens (including phenoxy) is 4. The summed E-state index contributed by atoms with van der Waals surface area (Å²) in [4.78, 5) is 36.9. The number of hydrogen-bond donors (Lipinski definition) is 4. The molecular formula is C47H61ClN4O11S. The van der Waals surface area contributed by atoms with Gasteiger partial charge in [0, 0.05) is 25.7 Å². The van der Waals surface area contributed by atoms with Gasteiger partial charge in [0.1, 0.15) is 23.4 Å². The van der Waals surface area contributed by atoms with Gasteiger partial charge in [-0.1, -0.05) is 72.8 Å². The maximum Gasteiger partial charge on any atom is 0.410 e. The van der Waals surface area contributed by atoms with Gasteiger partial charge in [0.15, 0.2) is 11.5 Å². The van der Waals surface area contributed by atoms with E-state index in [9.17, 15) is 22.8 Å². The number of nitrogens with zero attached hydrogens (tertiary/aromatic N) is 2. The summed E-state index contributed by atoms with van der Waals surface area (Å²) in [5, 5.41) is 24.4. The van der Waals surface area contributed by atoms with Crippen LogP contribution in [0.25, 0.3) is 0 Å². The Bertz CT molecular complexity index is 2210. The number of carboxylic acid groups (broad SMARTS) is 2. The van der Waals surface area contributed by atoms with Crippen molar-refractivity contribution in [1.29, 1.82) is 0 Å². The zero-order valence-electron chi connectivity index (χ0n) is 36.6. The van der Waals surface area contributed by atoms with Crippen molar-refractivity contribution >= 4 is 40.5 Å². The molecule has 17 heteroatoms. The number of amides is 1. The lowest BCUT2D eigenvalue weighted by molar-refractivity contribution is -0.143. The maximum absolute atomic E-state index is 13.2. The average molecular weight is 926 g/mol. The normalized spacial score (nSPS) is 18.8. The highest BCUT2D eigenvalue weighted by molar-refractivity contribution is 7.89. The lowest BCUT2D eigenvalue weighted by Gasteiger charge is -2.45. The number of para-hydroxylation sites is 2. The zero-order valence-corrected chi connectivity index (χ0v) is 38.2. The number of sulfonamides is 1. The van der Waals surface area contributed by atoms with Gasteiger partial charge in [0.05, 0.1) is 32.6 Å². The first kappa shape index (κ1) is 51.2. The standard InChI is InChI=1S/C23H26N2O2.C20H28N2O5S.C4H6O4.ClH/c26-23(27-21-16-24-13-10-18(21)11-14-24)25-15-12-17-6-4-5-9-20(17)22(25)19-7-2-1-3-8-19;1-4-26-17-7-5-6-8-18(17)27-12-11-22-15(2)13-16-9-10-19(25-3)20(14-16)28(21,23)24;5-3(6)1-2-4(7)8;/h1-9,18,21-22H,10-16H2;5-10,14-15,22H,4,11-13H2,1-3H3,(H2,21,23,24);1-2H2,(H,5,6)(H,7,8);1H. The van der Waals surface area contributed by atoms with E-state index < -0.39 is 22.0 Å². The number of carbonyl (C=O) groups excluding carboxylic acids is 1. The van der Waals surface area contributed by atoms with Crippen molar-refractivity contribution in [2.24, 2.45) is 11.1 Å². The molecule has 2 bridgehead atoms. The molecule has 3 atom stereocenters. The number of hydrogen-bond acceptors (Lipinski definition) is 11. The van der Waals surface area contributed by atoms with Crippen LogP contribution in [0, 0.1) is 5.92 Å². The van der Waals surface area contributed by atoms with Crippen LogP contribution < -0.4 is 24.7 Å². The van der Waals surface area contributed by atoms with Crippen LogP contribution in [0.1, 0.15) is 67.8 Å². The summed E-state index contributed by atoms with van der Waals surface area (Å²) in [5.41, 5.74) is 4.56. The summed E-state index contributed by atoms with van der Waals surface area (Å²) in [6, 6.07) is 31.4. The lowest BCUT2D eigenvalue weighted by Crippen LogP contribution is -2.53. The molecule has 4 aromatic carbocycles. The second-order valence-electron chi connectivity index (χ2n) is 15.6. The smallest absolute Gasteiger partial charge is 0.410 e. The Morgan fingerprint density at radius 1 is 0.844 bits per heavy atom. The number of carbonyl (C=O) groups is 3. The number of nitrogens with two attached hydrogens (primary N) is 1. The van der Waals surface area contributed by atoms with E-state index in [1.165, 1.54) is 18.2 Å². The number of primary sulfonamides is 1. The predicted octanol–water partition coefficient (Wildman–Crippen LogP) is 6.56. The van der Waals surface area contributed by atoms with E-state index in [4.69, 9.17) is 34.3 Å². The molecule has 4 aliphatic rings. The minimum Gasteiger partial charge on any atom is -0.495 e. The van der Waals surface area contributed by atoms with Gasteiger partial charge in [-0.15, -0.1) is 12.4 Å². The third-order valence-corrected chi connectivity index (χ3v) is 12.0. The molecule has 348 valence electrons. The topological polar surface area (TPSA) is 207 Å². The monoisotopic (exact) mass is 924 g/mol. The molecule has 0 aliphatic carbocycles. The van der Waals surface area contributed by atoms with Gasteiger partial charge in [-0.05, 0) is 105 Å². The first-order valence-electron chi connectivity index (χ1n) is 21.3. The number of fused-ring (bicyclic) bond motifs is 4. The van der Waals surface area contributed by atoms with Gasteiger partial charge in [-0.25, -0.2) is 18.4 Å². The van der Waals surface area contributed by atoms with E-state index in [1.807, 2.05) is 67.3 Å². The van der Waals surface area contributed by atoms with Crippen LogP contribution in [0.2, 0.25) is 0 Å². The van der Waals surface area contributed by atoms with Gasteiger partial charge < -0.3 is 34.5 Å². The second kappa shape index (κ2) is 25.2. The van der Waals surface area contributed by atoms with Gasteiger partial charge in [-0.3, -0.25) is 19.4 Å². The Morgan fingerprint density at radius 3 is 2.06 bits per heavy atom. The second-order valence-corrected chi connectivity index (χ2v) is 17.2. The number of halogens is 1. The van der Waals surface area contributed by atoms with Crippen molar-refractivity contribution in [2.75, 3.05) is 53.0 Å². The van der Waals surface area contributed by atoms with Crippen molar-refractivity contribution in [2.45, 2.75) is 75.5 Å². The van der Waals surface area contributed by atoms with Crippen LogP contribution in [0.5, 0.6) is 17.2 Å². The molecule has 4 heterocycles. The fraction of sp³-hybridized carbons (Fsp3) is 0.426. The third kappa shape index (κ3) is 15.1. The first-order valence-corrected chi connectivity index (χ1v) is 22.9. The molecule has 4 aliphatic heterocycles. The molecule has 0 spiro atoms. The maximum atomic E-state index is 13.2. The van der Waals surface area contributed by atoms with Crippen molar-refractivity contribution in [1.82, 2.24) is 15.1 Å². The largest absolute Gasteiger partial charge is 0.495 e. The first-order chi connectivity index (χ1) is 30.3. The molecule has 15 nitrogen and oxygen atoms in total. The Morgan fingerprint density at radius 2 is 1.47 bits per heavy atom. The van der Waals surface area contributed by atoms with Gasteiger partial charge >= 0.3 is 18.0 Å². The van der Waals surface area contributed by atoms with Gasteiger partial charge in [0.2, 0.25) is 10.0 Å². The Labute approximate surface area is 382 Å². The van der Waals surface area contributed by atoms with E-state index in [2.05, 4.69) is 46.6 Å². The van der Waals surface area contributed by atoms with Gasteiger partial charge in [0.25, 0.3) is 0 Å². The Hall–Kier alpha value is -5.39. The summed E-state index contributed by atoms with van der Waals surface area (Å²) in [6.07, 6.45) is 3.14. The highest BCUT2D eigenvalue weighted by atomic mass is 35.5. The number of methoxy groups -OCH3 is 1. The third-order valence-electron chi connectivity index (χ3n) is 11.1. The van der Waals surface area contributed by atoms with Crippen molar-refractivity contribution in [3.05, 3.63) is 119 Å². The molecule has 4 aromatic rings. The predicted molar refractivity (Wildman–Crippen MR) is 245 cm³/mol. The molecule has 0 saturated carbocycles. The summed E-state index contributed by atoms with van der Waals surface area (Å²) >= 11 is 0. The molecular weight excluding hydrogens is 864 g/mol. The van der Waals surface area contributed by atoms with Crippen LogP contribution in [-0.2, 0) is 37.2 Å². The molecule has 8 rings (SSSR count). The summed E-state index contributed by atoms with van der Waals surface area (Å²) < 4.78 is 45.9. The average Bonchev–Trinajstić information content (AvgIpc) is 3.28. The number of rotatable bonds is 16.